The summed E-state index contributed by atoms with van der Waals surface area (Å²) in [5.74, 6) is 0. The van der Waals surface area contributed by atoms with Gasteiger partial charge in [0.15, 0.2) is 0 Å². The molecule has 1 heterocycles. The van der Waals surface area contributed by atoms with Crippen molar-refractivity contribution >= 4 is 51.5 Å². The Morgan fingerprint density at radius 1 is 1.06 bits per heavy atom. The first kappa shape index (κ1) is 12.5. The Balaban J connectivity index is 1.95. The van der Waals surface area contributed by atoms with Crippen LogP contribution in [0.15, 0.2) is 0 Å². The molecule has 0 radical (unpaired) electrons. The maximum Gasteiger partial charge on any atom is 0.0930 e. The van der Waals surface area contributed by atoms with E-state index in [4.69, 9.17) is 11.6 Å². The Morgan fingerprint density at radius 2 is 1.50 bits per heavy atom. The Labute approximate surface area is 121 Å². The molecule has 3 atom stereocenters. The summed E-state index contributed by atoms with van der Waals surface area (Å²) in [6, 6.07) is 2.97. The maximum atomic E-state index is 6.42. The zero-order valence-electron chi connectivity index (χ0n) is 9.95. The largest absolute Gasteiger partial charge is 0.123 e. The van der Waals surface area contributed by atoms with Crippen molar-refractivity contribution in [2.24, 2.45) is 10.8 Å². The fraction of sp³-hybridized carbons (Fsp3) is 1.00. The van der Waals surface area contributed by atoms with Gasteiger partial charge in [-0.15, -0.1) is 11.6 Å². The summed E-state index contributed by atoms with van der Waals surface area (Å²) >= 11 is 14.4. The minimum absolute atomic E-state index is 0.219. The van der Waals surface area contributed by atoms with Crippen LogP contribution in [0.5, 0.6) is 0 Å². The molecule has 0 nitrogen and oxygen atoms in total. The first-order chi connectivity index (χ1) is 7.27. The van der Waals surface area contributed by atoms with Crippen LogP contribution in [0, 0.1) is 10.8 Å². The molecule has 92 valence electrons. The van der Waals surface area contributed by atoms with E-state index in [1.165, 1.54) is 37.8 Å². The van der Waals surface area contributed by atoms with Gasteiger partial charge in [-0.2, -0.15) is 0 Å². The predicted molar refractivity (Wildman–Crippen MR) is 80.7 cm³/mol. The molecule has 2 saturated carbocycles. The van der Waals surface area contributed by atoms with Crippen molar-refractivity contribution in [1.29, 1.82) is 0 Å². The first-order valence-electron chi connectivity index (χ1n) is 6.28. The highest BCUT2D eigenvalue weighted by Gasteiger charge is 2.87. The van der Waals surface area contributed by atoms with E-state index in [9.17, 15) is 0 Å². The van der Waals surface area contributed by atoms with Gasteiger partial charge in [0.2, 0.25) is 0 Å². The Hall–Kier alpha value is 1.47. The summed E-state index contributed by atoms with van der Waals surface area (Å²) in [5, 5.41) is 0.422. The molecule has 3 fully saturated rings. The lowest BCUT2D eigenvalue weighted by Gasteiger charge is -2.27. The van der Waals surface area contributed by atoms with Gasteiger partial charge in [0.1, 0.15) is 0 Å². The average Bonchev–Trinajstić information content (AvgIpc) is 2.46. The van der Waals surface area contributed by atoms with Crippen molar-refractivity contribution in [3.05, 3.63) is 0 Å². The maximum absolute atomic E-state index is 6.42. The molecule has 0 amide bonds. The van der Waals surface area contributed by atoms with E-state index < -0.39 is 8.07 Å². The molecular weight excluding hydrogens is 367 g/mol. The summed E-state index contributed by atoms with van der Waals surface area (Å²) in [5.41, 5.74) is 0.959. The number of hydrogen-bond acceptors (Lipinski definition) is 0. The van der Waals surface area contributed by atoms with E-state index in [-0.39, 0.29) is 3.23 Å². The summed E-state index contributed by atoms with van der Waals surface area (Å²) in [6.07, 6.45) is 5.23. The third kappa shape index (κ3) is 1.27. The topological polar surface area (TPSA) is 0 Å². The van der Waals surface area contributed by atoms with E-state index >= 15 is 0 Å². The average molecular weight is 387 g/mol. The molecule has 3 rings (SSSR count). The summed E-state index contributed by atoms with van der Waals surface area (Å²) in [4.78, 5) is 0. The second kappa shape index (κ2) is 3.32. The minimum Gasteiger partial charge on any atom is -0.123 e. The van der Waals surface area contributed by atoms with Crippen LogP contribution in [0.3, 0.4) is 0 Å². The van der Waals surface area contributed by atoms with E-state index in [0.29, 0.717) is 16.2 Å². The lowest BCUT2D eigenvalue weighted by molar-refractivity contribution is 0.375. The molecule has 0 aromatic rings. The zero-order valence-corrected chi connectivity index (χ0v) is 14.9. The molecule has 1 saturated heterocycles. The second-order valence-corrected chi connectivity index (χ2v) is 16.3. The minimum atomic E-state index is -0.898. The van der Waals surface area contributed by atoms with Crippen molar-refractivity contribution < 1.29 is 0 Å². The normalized spacial score (nSPS) is 52.7. The van der Waals surface area contributed by atoms with Gasteiger partial charge in [-0.05, 0) is 25.7 Å². The van der Waals surface area contributed by atoms with E-state index in [1.807, 2.05) is 0 Å². The van der Waals surface area contributed by atoms with Gasteiger partial charge in [0, 0.05) is 24.3 Å². The lowest BCUT2D eigenvalue weighted by atomic mass is 9.92. The SMILES string of the molecule is C[Si]1(C)CC[C@@]23CC(Cl)C[C@]2(CC1)C3(Br)Br. The van der Waals surface area contributed by atoms with Crippen molar-refractivity contribution in [3.63, 3.8) is 0 Å². The van der Waals surface area contributed by atoms with Gasteiger partial charge in [0.25, 0.3) is 0 Å². The molecule has 4 heteroatoms. The summed E-state index contributed by atoms with van der Waals surface area (Å²) in [6.45, 7) is 5.12. The predicted octanol–water partition coefficient (Wildman–Crippen LogP) is 5.36. The fourth-order valence-electron chi connectivity index (χ4n) is 4.44. The molecule has 16 heavy (non-hydrogen) atoms. The highest BCUT2D eigenvalue weighted by molar-refractivity contribution is 9.25. The quantitative estimate of drug-likeness (QED) is 0.388. The van der Waals surface area contributed by atoms with Gasteiger partial charge in [0.05, 0.1) is 3.23 Å². The van der Waals surface area contributed by atoms with Gasteiger partial charge >= 0.3 is 0 Å². The molecule has 1 unspecified atom stereocenters. The summed E-state index contributed by atoms with van der Waals surface area (Å²) < 4.78 is 0.219. The van der Waals surface area contributed by atoms with Crippen LogP contribution in [0.4, 0.5) is 0 Å². The standard InChI is InChI=1S/C12H19Br2ClSi/c1-16(2)5-3-10-7-9(15)8-11(10,4-6-16)12(10,13)14/h9H,3-8H2,1-2H3/t9?,10-,11+. The number of hydrogen-bond donors (Lipinski definition) is 0. The molecule has 0 aromatic carbocycles. The van der Waals surface area contributed by atoms with Crippen LogP contribution in [0.25, 0.3) is 0 Å². The van der Waals surface area contributed by atoms with Gasteiger partial charge < -0.3 is 0 Å². The molecule has 0 bridgehead atoms. The first-order valence-corrected chi connectivity index (χ1v) is 11.7. The number of rotatable bonds is 0. The van der Waals surface area contributed by atoms with Gasteiger partial charge in [-0.25, -0.2) is 0 Å². The zero-order chi connectivity index (χ0) is 11.8. The monoisotopic (exact) mass is 384 g/mol. The molecule has 1 aliphatic heterocycles. The Morgan fingerprint density at radius 3 is 1.94 bits per heavy atom. The van der Waals surface area contributed by atoms with Crippen molar-refractivity contribution in [2.75, 3.05) is 0 Å². The smallest absolute Gasteiger partial charge is 0.0930 e. The molecule has 0 aromatic heterocycles. The van der Waals surface area contributed by atoms with Crippen molar-refractivity contribution in [3.8, 4) is 0 Å². The van der Waals surface area contributed by atoms with Gasteiger partial charge in [-0.1, -0.05) is 57.0 Å². The van der Waals surface area contributed by atoms with Crippen LogP contribution in [-0.2, 0) is 0 Å². The lowest BCUT2D eigenvalue weighted by Crippen LogP contribution is -2.28. The van der Waals surface area contributed by atoms with Crippen LogP contribution in [0.1, 0.15) is 25.7 Å². The number of alkyl halides is 3. The third-order valence-corrected chi connectivity index (χ3v) is 12.2. The van der Waals surface area contributed by atoms with E-state index in [0.717, 1.165) is 0 Å². The third-order valence-electron chi connectivity index (χ3n) is 5.65. The molecule has 0 N–H and O–H groups in total. The molecule has 0 spiro atoms. The molecule has 3 aliphatic rings. The van der Waals surface area contributed by atoms with Crippen LogP contribution < -0.4 is 0 Å². The van der Waals surface area contributed by atoms with E-state index in [1.54, 1.807) is 0 Å². The van der Waals surface area contributed by atoms with Crippen LogP contribution in [-0.4, -0.2) is 16.7 Å². The fourth-order valence-corrected chi connectivity index (χ4v) is 10.2. The summed E-state index contributed by atoms with van der Waals surface area (Å²) in [7, 11) is -0.898. The van der Waals surface area contributed by atoms with Gasteiger partial charge in [-0.3, -0.25) is 0 Å². The Bertz CT molecular complexity index is 316. The molecular formula is C12H19Br2ClSi. The highest BCUT2D eigenvalue weighted by Crippen LogP contribution is 2.90. The second-order valence-electron chi connectivity index (χ2n) is 6.91. The Kier molecular flexibility index (Phi) is 2.59. The van der Waals surface area contributed by atoms with E-state index in [2.05, 4.69) is 45.0 Å². The van der Waals surface area contributed by atoms with Crippen LogP contribution >= 0.6 is 43.5 Å². The number of halogens is 3. The van der Waals surface area contributed by atoms with Crippen molar-refractivity contribution in [2.45, 2.75) is 59.5 Å². The van der Waals surface area contributed by atoms with Crippen LogP contribution in [0.2, 0.25) is 25.2 Å². The van der Waals surface area contributed by atoms with Crippen molar-refractivity contribution in [1.82, 2.24) is 0 Å². The molecule has 2 aliphatic carbocycles. The highest BCUT2D eigenvalue weighted by atomic mass is 79.9.